The van der Waals surface area contributed by atoms with Gasteiger partial charge in [0.25, 0.3) is 0 Å². The van der Waals surface area contributed by atoms with Gasteiger partial charge in [0.2, 0.25) is 5.91 Å². The minimum absolute atomic E-state index is 0. The second kappa shape index (κ2) is 8.44. The number of hydrogen-bond donors (Lipinski definition) is 3. The van der Waals surface area contributed by atoms with Crippen LogP contribution in [0.2, 0.25) is 0 Å². The lowest BCUT2D eigenvalue weighted by molar-refractivity contribution is -0.115. The van der Waals surface area contributed by atoms with Gasteiger partial charge in [0.05, 0.1) is 12.2 Å². The summed E-state index contributed by atoms with van der Waals surface area (Å²) < 4.78 is 0. The van der Waals surface area contributed by atoms with E-state index in [1.54, 1.807) is 7.05 Å². The van der Waals surface area contributed by atoms with Gasteiger partial charge in [0.15, 0.2) is 5.82 Å². The quantitative estimate of drug-likeness (QED) is 0.768. The van der Waals surface area contributed by atoms with Crippen LogP contribution in [0.4, 0.5) is 5.82 Å². The van der Waals surface area contributed by atoms with Gasteiger partial charge in [-0.2, -0.15) is 5.10 Å². The van der Waals surface area contributed by atoms with Crippen LogP contribution < -0.4 is 10.6 Å². The van der Waals surface area contributed by atoms with E-state index in [0.29, 0.717) is 5.82 Å². The molecule has 1 amide bonds. The number of amides is 1. The van der Waals surface area contributed by atoms with Crippen molar-refractivity contribution in [2.24, 2.45) is 0 Å². The molecule has 21 heavy (non-hydrogen) atoms. The van der Waals surface area contributed by atoms with Crippen molar-refractivity contribution in [2.75, 3.05) is 18.9 Å². The summed E-state index contributed by atoms with van der Waals surface area (Å²) >= 11 is 0. The summed E-state index contributed by atoms with van der Waals surface area (Å²) in [5.74, 6) is 0.432. The summed E-state index contributed by atoms with van der Waals surface area (Å²) in [6.45, 7) is 2.44. The van der Waals surface area contributed by atoms with Gasteiger partial charge in [-0.25, -0.2) is 0 Å². The maximum atomic E-state index is 11.4. The van der Waals surface area contributed by atoms with Gasteiger partial charge in [-0.05, 0) is 24.6 Å². The molecule has 0 aliphatic rings. The van der Waals surface area contributed by atoms with E-state index in [2.05, 4.69) is 52.0 Å². The SMILES string of the molecule is CCCc1ccc(-c2cc(NC(=O)CNC)n[nH]2)cc1.Cl. The van der Waals surface area contributed by atoms with Gasteiger partial charge in [-0.15, -0.1) is 12.4 Å². The van der Waals surface area contributed by atoms with E-state index in [9.17, 15) is 4.79 Å². The number of halogens is 1. The Labute approximate surface area is 130 Å². The Morgan fingerprint density at radius 2 is 2.00 bits per heavy atom. The van der Waals surface area contributed by atoms with E-state index < -0.39 is 0 Å². The maximum Gasteiger partial charge on any atom is 0.239 e. The minimum Gasteiger partial charge on any atom is -0.311 e. The number of H-pyrrole nitrogens is 1. The first-order chi connectivity index (χ1) is 9.72. The highest BCUT2D eigenvalue weighted by Crippen LogP contribution is 2.20. The van der Waals surface area contributed by atoms with Crippen LogP contribution in [0.5, 0.6) is 0 Å². The fourth-order valence-electron chi connectivity index (χ4n) is 2.02. The molecule has 0 radical (unpaired) electrons. The molecule has 0 aliphatic carbocycles. The lowest BCUT2D eigenvalue weighted by atomic mass is 10.1. The summed E-state index contributed by atoms with van der Waals surface area (Å²) in [6.07, 6.45) is 2.24. The Kier molecular flexibility index (Phi) is 6.91. The molecule has 114 valence electrons. The van der Waals surface area contributed by atoms with Gasteiger partial charge in [0.1, 0.15) is 0 Å². The second-order valence-corrected chi connectivity index (χ2v) is 4.69. The van der Waals surface area contributed by atoms with E-state index in [-0.39, 0.29) is 24.9 Å². The number of nitrogens with zero attached hydrogens (tertiary/aromatic N) is 1. The molecule has 1 aromatic heterocycles. The van der Waals surface area contributed by atoms with Crippen LogP contribution in [0.3, 0.4) is 0 Å². The van der Waals surface area contributed by atoms with Crippen LogP contribution in [-0.2, 0) is 11.2 Å². The zero-order chi connectivity index (χ0) is 14.4. The monoisotopic (exact) mass is 308 g/mol. The highest BCUT2D eigenvalue weighted by atomic mass is 35.5. The summed E-state index contributed by atoms with van der Waals surface area (Å²) in [4.78, 5) is 11.4. The molecule has 0 saturated heterocycles. The molecule has 0 aliphatic heterocycles. The van der Waals surface area contributed by atoms with Crippen molar-refractivity contribution in [3.63, 3.8) is 0 Å². The molecule has 3 N–H and O–H groups in total. The van der Waals surface area contributed by atoms with Crippen LogP contribution >= 0.6 is 12.4 Å². The number of rotatable bonds is 6. The van der Waals surface area contributed by atoms with Crippen LogP contribution in [0.15, 0.2) is 30.3 Å². The van der Waals surface area contributed by atoms with Gasteiger partial charge in [-0.3, -0.25) is 9.89 Å². The van der Waals surface area contributed by atoms with Crippen molar-refractivity contribution < 1.29 is 4.79 Å². The Balaban J connectivity index is 0.00000220. The first-order valence-corrected chi connectivity index (χ1v) is 6.82. The largest absolute Gasteiger partial charge is 0.311 e. The summed E-state index contributed by atoms with van der Waals surface area (Å²) in [6, 6.07) is 10.2. The summed E-state index contributed by atoms with van der Waals surface area (Å²) in [7, 11) is 1.73. The van der Waals surface area contributed by atoms with Crippen molar-refractivity contribution in [1.82, 2.24) is 15.5 Å². The molecule has 2 aromatic rings. The first-order valence-electron chi connectivity index (χ1n) is 6.82. The smallest absolute Gasteiger partial charge is 0.239 e. The van der Waals surface area contributed by atoms with E-state index >= 15 is 0 Å². The molecule has 6 heteroatoms. The molecular formula is C15H21ClN4O. The van der Waals surface area contributed by atoms with Crippen molar-refractivity contribution >= 4 is 24.1 Å². The van der Waals surface area contributed by atoms with Crippen molar-refractivity contribution in [3.8, 4) is 11.3 Å². The molecule has 0 atom stereocenters. The van der Waals surface area contributed by atoms with Crippen LogP contribution in [0.25, 0.3) is 11.3 Å². The standard InChI is InChI=1S/C15H20N4O.ClH/c1-3-4-11-5-7-12(8-6-11)13-9-14(19-18-13)17-15(20)10-16-2;/h5-9,16H,3-4,10H2,1-2H3,(H2,17,18,19,20);1H. The number of aryl methyl sites for hydroxylation is 1. The number of carbonyl (C=O) groups is 1. The molecule has 2 rings (SSSR count). The van der Waals surface area contributed by atoms with E-state index in [0.717, 1.165) is 24.1 Å². The molecule has 0 saturated carbocycles. The zero-order valence-electron chi connectivity index (χ0n) is 12.3. The van der Waals surface area contributed by atoms with Gasteiger partial charge < -0.3 is 10.6 Å². The third-order valence-electron chi connectivity index (χ3n) is 2.99. The number of hydrogen-bond acceptors (Lipinski definition) is 3. The van der Waals surface area contributed by atoms with Gasteiger partial charge in [0, 0.05) is 6.07 Å². The average molecular weight is 309 g/mol. The molecule has 0 spiro atoms. The number of aromatic amines is 1. The Hall–Kier alpha value is -1.85. The lowest BCUT2D eigenvalue weighted by Gasteiger charge is -2.01. The Bertz CT molecular complexity index is 565. The number of benzene rings is 1. The fourth-order valence-corrected chi connectivity index (χ4v) is 2.02. The molecule has 5 nitrogen and oxygen atoms in total. The predicted octanol–water partition coefficient (Wildman–Crippen LogP) is 2.61. The Morgan fingerprint density at radius 1 is 1.29 bits per heavy atom. The Morgan fingerprint density at radius 3 is 2.62 bits per heavy atom. The third kappa shape index (κ3) is 4.88. The van der Waals surface area contributed by atoms with Gasteiger partial charge >= 0.3 is 0 Å². The topological polar surface area (TPSA) is 69.8 Å². The summed E-state index contributed by atoms with van der Waals surface area (Å²) in [5.41, 5.74) is 3.29. The highest BCUT2D eigenvalue weighted by Gasteiger charge is 2.06. The number of anilines is 1. The molecule has 0 unspecified atom stereocenters. The number of carbonyl (C=O) groups excluding carboxylic acids is 1. The molecule has 0 bridgehead atoms. The number of nitrogens with one attached hydrogen (secondary N) is 3. The van der Waals surface area contributed by atoms with Crippen molar-refractivity contribution in [1.29, 1.82) is 0 Å². The lowest BCUT2D eigenvalue weighted by Crippen LogP contribution is -2.25. The van der Waals surface area contributed by atoms with Crippen LogP contribution in [0.1, 0.15) is 18.9 Å². The molecule has 1 aromatic carbocycles. The van der Waals surface area contributed by atoms with E-state index in [1.807, 2.05) is 6.07 Å². The number of aromatic nitrogens is 2. The normalized spacial score (nSPS) is 10.0. The van der Waals surface area contributed by atoms with E-state index in [4.69, 9.17) is 0 Å². The van der Waals surface area contributed by atoms with Crippen LogP contribution in [0, 0.1) is 0 Å². The predicted molar refractivity (Wildman–Crippen MR) is 87.8 cm³/mol. The van der Waals surface area contributed by atoms with Gasteiger partial charge in [-0.1, -0.05) is 37.6 Å². The molecular weight excluding hydrogens is 288 g/mol. The minimum atomic E-state index is -0.108. The summed E-state index contributed by atoms with van der Waals surface area (Å²) in [5, 5.41) is 12.5. The molecule has 0 fully saturated rings. The zero-order valence-corrected chi connectivity index (χ0v) is 13.1. The number of likely N-dealkylation sites (N-methyl/N-ethyl adjacent to an activating group) is 1. The van der Waals surface area contributed by atoms with Crippen LogP contribution in [-0.4, -0.2) is 29.7 Å². The third-order valence-corrected chi connectivity index (χ3v) is 2.99. The highest BCUT2D eigenvalue weighted by molar-refractivity contribution is 5.91. The van der Waals surface area contributed by atoms with Crippen molar-refractivity contribution in [2.45, 2.75) is 19.8 Å². The maximum absolute atomic E-state index is 11.4. The average Bonchev–Trinajstić information content (AvgIpc) is 2.88. The molecule has 1 heterocycles. The second-order valence-electron chi connectivity index (χ2n) is 4.69. The van der Waals surface area contributed by atoms with Crippen molar-refractivity contribution in [3.05, 3.63) is 35.9 Å². The first kappa shape index (κ1) is 17.2. The fraction of sp³-hybridized carbons (Fsp3) is 0.333. The van der Waals surface area contributed by atoms with E-state index in [1.165, 1.54) is 5.56 Å².